The summed E-state index contributed by atoms with van der Waals surface area (Å²) in [7, 11) is 1.05. The van der Waals surface area contributed by atoms with Gasteiger partial charge in [-0.3, -0.25) is 0 Å². The molecule has 1 saturated carbocycles. The van der Waals surface area contributed by atoms with Gasteiger partial charge in [-0.2, -0.15) is 0 Å². The second kappa shape index (κ2) is 11.0. The molecule has 0 amide bonds. The fourth-order valence-corrected chi connectivity index (χ4v) is 6.96. The lowest BCUT2D eigenvalue weighted by Gasteiger charge is -2.30. The van der Waals surface area contributed by atoms with Crippen LogP contribution in [0.3, 0.4) is 0 Å². The predicted molar refractivity (Wildman–Crippen MR) is 155 cm³/mol. The molecule has 10 heteroatoms. The molecule has 6 rings (SSSR count). The predicted octanol–water partition coefficient (Wildman–Crippen LogP) is 5.85. The minimum atomic E-state index is -1.10. The van der Waals surface area contributed by atoms with Crippen LogP contribution in [0, 0.1) is 12.8 Å². The molecule has 1 aliphatic heterocycles. The Morgan fingerprint density at radius 1 is 1.11 bits per heavy atom. The van der Waals surface area contributed by atoms with Gasteiger partial charge in [-0.15, -0.1) is 11.3 Å². The van der Waals surface area contributed by atoms with Crippen molar-refractivity contribution < 1.29 is 8.95 Å². The second-order valence-corrected chi connectivity index (χ2v) is 12.6. The Morgan fingerprint density at radius 2 is 1.95 bits per heavy atom. The highest BCUT2D eigenvalue weighted by molar-refractivity contribution is 7.86. The van der Waals surface area contributed by atoms with Crippen molar-refractivity contribution in [2.75, 3.05) is 35.9 Å². The molecule has 0 radical (unpaired) electrons. The van der Waals surface area contributed by atoms with Gasteiger partial charge in [0.25, 0.3) is 0 Å². The lowest BCUT2D eigenvalue weighted by molar-refractivity contribution is 0.260. The molecular formula is C28H32N6O2S2. The number of benzene rings is 2. The molecule has 1 aliphatic carbocycles. The molecule has 2 atom stereocenters. The first-order valence-corrected chi connectivity index (χ1v) is 15.3. The van der Waals surface area contributed by atoms with Gasteiger partial charge in [0.2, 0.25) is 11.8 Å². The number of hydrogen-bond acceptors (Lipinski definition) is 8. The highest BCUT2D eigenvalue weighted by atomic mass is 32.2. The van der Waals surface area contributed by atoms with Crippen molar-refractivity contribution in [1.82, 2.24) is 19.9 Å². The molecule has 2 aromatic heterocycles. The summed E-state index contributed by atoms with van der Waals surface area (Å²) in [5, 5.41) is 6.31. The molecule has 2 unspecified atom stereocenters. The van der Waals surface area contributed by atoms with E-state index in [9.17, 15) is 4.21 Å². The fraction of sp³-hybridized carbons (Fsp3) is 0.393. The number of nitrogens with one attached hydrogen (secondary N) is 2. The lowest BCUT2D eigenvalue weighted by Crippen LogP contribution is -2.40. The van der Waals surface area contributed by atoms with Crippen LogP contribution in [0.25, 0.3) is 21.3 Å². The Kier molecular flexibility index (Phi) is 7.27. The van der Waals surface area contributed by atoms with Crippen molar-refractivity contribution in [2.24, 2.45) is 5.92 Å². The Balaban J connectivity index is 1.26. The van der Waals surface area contributed by atoms with E-state index in [1.165, 1.54) is 19.3 Å². The number of rotatable bonds is 9. The topological polar surface area (TPSA) is 92.3 Å². The number of aromatic nitrogens is 3. The molecule has 1 saturated heterocycles. The van der Waals surface area contributed by atoms with Crippen LogP contribution in [0.5, 0.6) is 11.6 Å². The summed E-state index contributed by atoms with van der Waals surface area (Å²) in [6.45, 7) is 4.08. The van der Waals surface area contributed by atoms with Gasteiger partial charge in [0.05, 0.1) is 16.4 Å². The van der Waals surface area contributed by atoms with Crippen LogP contribution >= 0.6 is 11.3 Å². The van der Waals surface area contributed by atoms with Crippen LogP contribution < -0.4 is 14.8 Å². The average Bonchev–Trinajstić information content (AvgIpc) is 3.64. The van der Waals surface area contributed by atoms with E-state index in [0.717, 1.165) is 51.5 Å². The molecule has 38 heavy (non-hydrogen) atoms. The fourth-order valence-electron chi connectivity index (χ4n) is 4.88. The molecule has 2 fully saturated rings. The largest absolute Gasteiger partial charge is 0.437 e. The summed E-state index contributed by atoms with van der Waals surface area (Å²) >= 11 is 1.56. The molecule has 2 aliphatic rings. The number of piperidine rings is 1. The average molecular weight is 549 g/mol. The molecule has 8 nitrogen and oxygen atoms in total. The quantitative estimate of drug-likeness (QED) is 0.271. The number of likely N-dealkylation sites (tertiary alicyclic amines) is 1. The SMILES string of the molecule is Cc1nc(Oc2ccc(NS(=O)CC3CC3)c3ccccc23)c(-c2ccnc(NC3CCCN(C)C3)n2)s1. The van der Waals surface area contributed by atoms with Crippen molar-refractivity contribution >= 4 is 44.7 Å². The maximum atomic E-state index is 12.6. The molecule has 198 valence electrons. The van der Waals surface area contributed by atoms with Crippen LogP contribution in [-0.2, 0) is 11.0 Å². The summed E-state index contributed by atoms with van der Waals surface area (Å²) in [5.41, 5.74) is 1.63. The zero-order chi connectivity index (χ0) is 26.1. The Labute approximate surface area is 229 Å². The van der Waals surface area contributed by atoms with E-state index >= 15 is 0 Å². The third-order valence-corrected chi connectivity index (χ3v) is 9.14. The number of likely N-dealkylation sites (N-methyl/N-ethyl adjacent to an activating group) is 1. The first kappa shape index (κ1) is 25.2. The summed E-state index contributed by atoms with van der Waals surface area (Å²) < 4.78 is 22.2. The first-order chi connectivity index (χ1) is 18.5. The number of nitrogens with zero attached hydrogens (tertiary/aromatic N) is 4. The Hall–Kier alpha value is -3.08. The standard InChI is InChI=1S/C28H32N6O2S2/c1-18-30-27(26(37-18)24-13-14-29-28(32-24)31-20-6-5-15-34(2)16-20)36-25-12-11-23(21-7-3-4-8-22(21)25)33-38(35)17-19-9-10-19/h3-4,7-8,11-14,19-20,33H,5-6,9-10,15-17H2,1-2H3,(H,29,31,32). The van der Waals surface area contributed by atoms with Gasteiger partial charge in [-0.1, -0.05) is 24.3 Å². The maximum Gasteiger partial charge on any atom is 0.240 e. The van der Waals surface area contributed by atoms with E-state index in [1.54, 1.807) is 17.5 Å². The Bertz CT molecular complexity index is 1470. The highest BCUT2D eigenvalue weighted by Crippen LogP contribution is 2.40. The van der Waals surface area contributed by atoms with E-state index in [0.29, 0.717) is 35.3 Å². The Morgan fingerprint density at radius 3 is 2.76 bits per heavy atom. The van der Waals surface area contributed by atoms with E-state index in [1.807, 2.05) is 49.4 Å². The van der Waals surface area contributed by atoms with Crippen LogP contribution in [0.15, 0.2) is 48.7 Å². The molecule has 2 aromatic carbocycles. The zero-order valence-electron chi connectivity index (χ0n) is 21.6. The summed E-state index contributed by atoms with van der Waals surface area (Å²) in [5.74, 6) is 3.13. The first-order valence-electron chi connectivity index (χ1n) is 13.1. The minimum Gasteiger partial charge on any atom is -0.437 e. The lowest BCUT2D eigenvalue weighted by atomic mass is 10.1. The van der Waals surface area contributed by atoms with Gasteiger partial charge in [0, 0.05) is 35.3 Å². The van der Waals surface area contributed by atoms with Crippen molar-refractivity contribution in [1.29, 1.82) is 0 Å². The highest BCUT2D eigenvalue weighted by Gasteiger charge is 2.24. The second-order valence-electron chi connectivity index (χ2n) is 10.2. The van der Waals surface area contributed by atoms with Crippen molar-refractivity contribution in [3.05, 3.63) is 53.7 Å². The minimum absolute atomic E-state index is 0.333. The molecular weight excluding hydrogens is 516 g/mol. The van der Waals surface area contributed by atoms with Gasteiger partial charge >= 0.3 is 0 Å². The number of fused-ring (bicyclic) bond motifs is 1. The summed E-state index contributed by atoms with van der Waals surface area (Å²) in [6.07, 6.45) is 6.42. The molecule has 4 aromatic rings. The van der Waals surface area contributed by atoms with Crippen LogP contribution in [0.4, 0.5) is 11.6 Å². The van der Waals surface area contributed by atoms with Crippen LogP contribution in [0.2, 0.25) is 0 Å². The third-order valence-electron chi connectivity index (χ3n) is 6.95. The van der Waals surface area contributed by atoms with E-state index < -0.39 is 11.0 Å². The number of ether oxygens (including phenoxy) is 1. The van der Waals surface area contributed by atoms with Crippen molar-refractivity contribution in [3.8, 4) is 22.2 Å². The maximum absolute atomic E-state index is 12.6. The van der Waals surface area contributed by atoms with E-state index in [4.69, 9.17) is 14.7 Å². The molecule has 0 bridgehead atoms. The molecule has 2 N–H and O–H groups in total. The normalized spacial score (nSPS) is 18.8. The van der Waals surface area contributed by atoms with Gasteiger partial charge in [-0.05, 0) is 70.3 Å². The molecule has 0 spiro atoms. The number of hydrogen-bond donors (Lipinski definition) is 2. The van der Waals surface area contributed by atoms with Gasteiger partial charge in [-0.25, -0.2) is 19.2 Å². The van der Waals surface area contributed by atoms with E-state index in [-0.39, 0.29) is 0 Å². The number of aryl methyl sites for hydroxylation is 1. The summed E-state index contributed by atoms with van der Waals surface area (Å²) in [4.78, 5) is 17.2. The third kappa shape index (κ3) is 5.82. The van der Waals surface area contributed by atoms with E-state index in [2.05, 4.69) is 27.0 Å². The smallest absolute Gasteiger partial charge is 0.240 e. The summed E-state index contributed by atoms with van der Waals surface area (Å²) in [6, 6.07) is 14.1. The van der Waals surface area contributed by atoms with Gasteiger partial charge in [0.15, 0.2) is 0 Å². The monoisotopic (exact) mass is 548 g/mol. The van der Waals surface area contributed by atoms with Crippen molar-refractivity contribution in [3.63, 3.8) is 0 Å². The van der Waals surface area contributed by atoms with Crippen molar-refractivity contribution in [2.45, 2.75) is 38.6 Å². The van der Waals surface area contributed by atoms with Crippen LogP contribution in [-0.4, -0.2) is 56.0 Å². The number of thiazole rings is 1. The zero-order valence-corrected chi connectivity index (χ0v) is 23.3. The number of anilines is 2. The van der Waals surface area contributed by atoms with Gasteiger partial charge < -0.3 is 19.7 Å². The molecule has 3 heterocycles. The van der Waals surface area contributed by atoms with Gasteiger partial charge in [0.1, 0.15) is 21.6 Å². The van der Waals surface area contributed by atoms with Crippen LogP contribution in [0.1, 0.15) is 30.7 Å².